The molecule has 0 fully saturated rings. The van der Waals surface area contributed by atoms with E-state index in [0.717, 1.165) is 33.5 Å². The number of aromatic nitrogens is 2. The Kier molecular flexibility index (Phi) is 4.26. The Labute approximate surface area is 138 Å². The van der Waals surface area contributed by atoms with Crippen LogP contribution in [0.4, 0.5) is 5.82 Å². The van der Waals surface area contributed by atoms with Gasteiger partial charge in [-0.25, -0.2) is 9.97 Å². The Bertz CT molecular complexity index is 753. The molecule has 3 nitrogen and oxygen atoms in total. The Hall–Kier alpha value is -0.690. The standard InChI is InChI=1S/C13H11BrClN3S2/c1-2-7-5-8-11(17-13(15)18-12(8)20-7)16-6-10-9(14)3-4-19-10/h3-5H,2,6H2,1H3,(H,16,17,18). The van der Waals surface area contributed by atoms with Crippen LogP contribution in [0.3, 0.4) is 0 Å². The van der Waals surface area contributed by atoms with Crippen LogP contribution in [0.5, 0.6) is 0 Å². The molecule has 0 aromatic carbocycles. The van der Waals surface area contributed by atoms with Gasteiger partial charge in [0.2, 0.25) is 5.28 Å². The molecule has 20 heavy (non-hydrogen) atoms. The Morgan fingerprint density at radius 1 is 1.40 bits per heavy atom. The van der Waals surface area contributed by atoms with E-state index in [4.69, 9.17) is 11.6 Å². The van der Waals surface area contributed by atoms with Crippen molar-refractivity contribution in [3.8, 4) is 0 Å². The Balaban J connectivity index is 1.93. The van der Waals surface area contributed by atoms with E-state index < -0.39 is 0 Å². The summed E-state index contributed by atoms with van der Waals surface area (Å²) in [5, 5.41) is 6.75. The van der Waals surface area contributed by atoms with Gasteiger partial charge in [-0.2, -0.15) is 0 Å². The van der Waals surface area contributed by atoms with Gasteiger partial charge >= 0.3 is 0 Å². The van der Waals surface area contributed by atoms with Crippen LogP contribution in [0.2, 0.25) is 5.28 Å². The highest BCUT2D eigenvalue weighted by atomic mass is 79.9. The lowest BCUT2D eigenvalue weighted by atomic mass is 10.3. The molecule has 0 unspecified atom stereocenters. The lowest BCUT2D eigenvalue weighted by Gasteiger charge is -2.06. The fourth-order valence-corrected chi connectivity index (χ4v) is 4.49. The zero-order valence-corrected chi connectivity index (χ0v) is 14.6. The maximum absolute atomic E-state index is 6.01. The van der Waals surface area contributed by atoms with E-state index in [1.165, 1.54) is 9.75 Å². The summed E-state index contributed by atoms with van der Waals surface area (Å²) in [6, 6.07) is 4.19. The number of anilines is 1. The molecule has 0 bridgehead atoms. The van der Waals surface area contributed by atoms with Crippen LogP contribution in [0.25, 0.3) is 10.2 Å². The fraction of sp³-hybridized carbons (Fsp3) is 0.231. The summed E-state index contributed by atoms with van der Waals surface area (Å²) in [5.41, 5.74) is 0. The molecular weight excluding hydrogens is 378 g/mol. The quantitative estimate of drug-likeness (QED) is 0.613. The van der Waals surface area contributed by atoms with E-state index in [1.54, 1.807) is 22.7 Å². The van der Waals surface area contributed by atoms with E-state index >= 15 is 0 Å². The summed E-state index contributed by atoms with van der Waals surface area (Å²) in [7, 11) is 0. The molecular formula is C13H11BrClN3S2. The van der Waals surface area contributed by atoms with Gasteiger partial charge in [0, 0.05) is 14.2 Å². The summed E-state index contributed by atoms with van der Waals surface area (Å²) in [4.78, 5) is 12.1. The number of thiophene rings is 2. The van der Waals surface area contributed by atoms with Gasteiger partial charge in [-0.3, -0.25) is 0 Å². The van der Waals surface area contributed by atoms with Gasteiger partial charge in [-0.15, -0.1) is 22.7 Å². The average molecular weight is 389 g/mol. The van der Waals surface area contributed by atoms with E-state index in [1.807, 2.05) is 6.07 Å². The maximum Gasteiger partial charge on any atom is 0.225 e. The van der Waals surface area contributed by atoms with Crippen molar-refractivity contribution < 1.29 is 0 Å². The second-order valence-electron chi connectivity index (χ2n) is 4.17. The number of nitrogens with one attached hydrogen (secondary N) is 1. The summed E-state index contributed by atoms with van der Waals surface area (Å²) in [6.07, 6.45) is 0.995. The second kappa shape index (κ2) is 5.97. The molecule has 3 aromatic rings. The summed E-state index contributed by atoms with van der Waals surface area (Å²) in [6.45, 7) is 2.85. The SMILES string of the molecule is CCc1cc2c(NCc3sccc3Br)nc(Cl)nc2s1. The largest absolute Gasteiger partial charge is 0.364 e. The Morgan fingerprint density at radius 3 is 2.95 bits per heavy atom. The van der Waals surface area contributed by atoms with Crippen molar-refractivity contribution in [1.82, 2.24) is 9.97 Å². The van der Waals surface area contributed by atoms with Crippen molar-refractivity contribution in [2.24, 2.45) is 0 Å². The molecule has 0 spiro atoms. The zero-order chi connectivity index (χ0) is 14.1. The normalized spacial score (nSPS) is 11.2. The van der Waals surface area contributed by atoms with E-state index in [9.17, 15) is 0 Å². The first-order chi connectivity index (χ1) is 9.67. The number of aryl methyl sites for hydroxylation is 1. The first-order valence-corrected chi connectivity index (χ1v) is 8.95. The van der Waals surface area contributed by atoms with Crippen LogP contribution >= 0.6 is 50.2 Å². The molecule has 0 saturated heterocycles. The van der Waals surface area contributed by atoms with Crippen molar-refractivity contribution in [3.63, 3.8) is 0 Å². The van der Waals surface area contributed by atoms with Gasteiger partial charge in [-0.1, -0.05) is 6.92 Å². The molecule has 104 valence electrons. The molecule has 0 aliphatic carbocycles. The third-order valence-electron chi connectivity index (χ3n) is 2.87. The minimum absolute atomic E-state index is 0.287. The number of rotatable bonds is 4. The fourth-order valence-electron chi connectivity index (χ4n) is 1.87. The monoisotopic (exact) mass is 387 g/mol. The predicted octanol–water partition coefficient (Wildman–Crippen LogP) is 5.34. The summed E-state index contributed by atoms with van der Waals surface area (Å²) >= 11 is 12.9. The average Bonchev–Trinajstić information content (AvgIpc) is 3.01. The minimum atomic E-state index is 0.287. The topological polar surface area (TPSA) is 37.8 Å². The molecule has 3 aromatic heterocycles. The number of halogens is 2. The van der Waals surface area contributed by atoms with Gasteiger partial charge in [0.15, 0.2) is 0 Å². The van der Waals surface area contributed by atoms with Gasteiger partial charge in [0.05, 0.1) is 11.9 Å². The number of hydrogen-bond donors (Lipinski definition) is 1. The minimum Gasteiger partial charge on any atom is -0.364 e. The van der Waals surface area contributed by atoms with Crippen LogP contribution in [-0.4, -0.2) is 9.97 Å². The molecule has 0 aliphatic rings. The number of hydrogen-bond acceptors (Lipinski definition) is 5. The van der Waals surface area contributed by atoms with E-state index in [0.29, 0.717) is 0 Å². The number of nitrogens with zero attached hydrogens (tertiary/aromatic N) is 2. The second-order valence-corrected chi connectivity index (χ2v) is 7.48. The lowest BCUT2D eigenvalue weighted by molar-refractivity contribution is 1.12. The third kappa shape index (κ3) is 2.83. The van der Waals surface area contributed by atoms with Crippen molar-refractivity contribution >= 4 is 66.2 Å². The highest BCUT2D eigenvalue weighted by molar-refractivity contribution is 9.10. The molecule has 0 saturated carbocycles. The maximum atomic E-state index is 6.01. The highest BCUT2D eigenvalue weighted by Crippen LogP contribution is 2.31. The van der Waals surface area contributed by atoms with E-state index in [-0.39, 0.29) is 5.28 Å². The summed E-state index contributed by atoms with van der Waals surface area (Å²) in [5.74, 6) is 0.802. The summed E-state index contributed by atoms with van der Waals surface area (Å²) < 4.78 is 1.12. The van der Waals surface area contributed by atoms with Crippen LogP contribution in [0.1, 0.15) is 16.7 Å². The molecule has 3 heterocycles. The van der Waals surface area contributed by atoms with Crippen LogP contribution in [0.15, 0.2) is 22.0 Å². The van der Waals surface area contributed by atoms with Gasteiger partial charge in [0.1, 0.15) is 10.6 Å². The van der Waals surface area contributed by atoms with Gasteiger partial charge in [0.25, 0.3) is 0 Å². The highest BCUT2D eigenvalue weighted by Gasteiger charge is 2.11. The van der Waals surface area contributed by atoms with Crippen LogP contribution in [0, 0.1) is 0 Å². The molecule has 3 rings (SSSR count). The third-order valence-corrected chi connectivity index (χ3v) is 6.14. The molecule has 0 amide bonds. The molecule has 0 radical (unpaired) electrons. The van der Waals surface area contributed by atoms with E-state index in [2.05, 4.69) is 49.6 Å². The van der Waals surface area contributed by atoms with Crippen LogP contribution < -0.4 is 5.32 Å². The molecule has 1 N–H and O–H groups in total. The zero-order valence-electron chi connectivity index (χ0n) is 10.6. The number of fused-ring (bicyclic) bond motifs is 1. The van der Waals surface area contributed by atoms with Crippen molar-refractivity contribution in [2.45, 2.75) is 19.9 Å². The van der Waals surface area contributed by atoms with Crippen molar-refractivity contribution in [3.05, 3.63) is 37.0 Å². The lowest BCUT2D eigenvalue weighted by Crippen LogP contribution is -2.01. The first-order valence-electron chi connectivity index (χ1n) is 6.09. The van der Waals surface area contributed by atoms with Gasteiger partial charge in [-0.05, 0) is 51.5 Å². The Morgan fingerprint density at radius 2 is 2.25 bits per heavy atom. The van der Waals surface area contributed by atoms with Gasteiger partial charge < -0.3 is 5.32 Å². The smallest absolute Gasteiger partial charge is 0.225 e. The molecule has 0 aliphatic heterocycles. The molecule has 7 heteroatoms. The van der Waals surface area contributed by atoms with Crippen molar-refractivity contribution in [1.29, 1.82) is 0 Å². The van der Waals surface area contributed by atoms with Crippen molar-refractivity contribution in [2.75, 3.05) is 5.32 Å². The molecule has 0 atom stereocenters. The van der Waals surface area contributed by atoms with Crippen LogP contribution in [-0.2, 0) is 13.0 Å². The first kappa shape index (κ1) is 14.3. The predicted molar refractivity (Wildman–Crippen MR) is 91.1 cm³/mol.